The van der Waals surface area contributed by atoms with Gasteiger partial charge in [-0.1, -0.05) is 37.5 Å². The fourth-order valence-corrected chi connectivity index (χ4v) is 8.21. The van der Waals surface area contributed by atoms with E-state index in [1.165, 1.54) is 24.0 Å². The van der Waals surface area contributed by atoms with Crippen molar-refractivity contribution in [3.05, 3.63) is 52.6 Å². The Morgan fingerprint density at radius 3 is 2.49 bits per heavy atom. The zero-order valence-corrected chi connectivity index (χ0v) is 21.9. The Morgan fingerprint density at radius 2 is 1.86 bits per heavy atom. The Kier molecular flexibility index (Phi) is 6.21. The number of hydrogen-bond donors (Lipinski definition) is 1. The van der Waals surface area contributed by atoms with Gasteiger partial charge in [0, 0.05) is 31.0 Å². The van der Waals surface area contributed by atoms with Crippen molar-refractivity contribution in [1.29, 1.82) is 0 Å². The highest BCUT2D eigenvalue weighted by Gasteiger charge is 2.65. The van der Waals surface area contributed by atoms with Crippen LogP contribution in [-0.4, -0.2) is 24.8 Å². The van der Waals surface area contributed by atoms with E-state index in [-0.39, 0.29) is 35.2 Å². The summed E-state index contributed by atoms with van der Waals surface area (Å²) in [5, 5.41) is 3.14. The summed E-state index contributed by atoms with van der Waals surface area (Å²) in [4.78, 5) is 25.6. The summed E-state index contributed by atoms with van der Waals surface area (Å²) < 4.78 is 39.9. The molecule has 1 aromatic carbocycles. The summed E-state index contributed by atoms with van der Waals surface area (Å²) in [5.41, 5.74) is 3.82. The normalized spacial score (nSPS) is 35.0. The van der Waals surface area contributed by atoms with Gasteiger partial charge in [0.2, 0.25) is 0 Å². The summed E-state index contributed by atoms with van der Waals surface area (Å²) in [6.07, 6.45) is 0.814. The van der Waals surface area contributed by atoms with Gasteiger partial charge < -0.3 is 5.32 Å². The molecule has 3 nitrogen and oxygen atoms in total. The highest BCUT2D eigenvalue weighted by Crippen LogP contribution is 2.70. The lowest BCUT2D eigenvalue weighted by molar-refractivity contribution is -0.130. The Bertz CT molecular complexity index is 1260. The van der Waals surface area contributed by atoms with E-state index < -0.39 is 17.0 Å². The van der Waals surface area contributed by atoms with Crippen LogP contribution in [0.4, 0.5) is 18.9 Å². The molecule has 2 fully saturated rings. The van der Waals surface area contributed by atoms with Crippen LogP contribution >= 0.6 is 0 Å². The summed E-state index contributed by atoms with van der Waals surface area (Å²) in [7, 11) is 1.86. The van der Waals surface area contributed by atoms with Gasteiger partial charge in [-0.2, -0.15) is 13.2 Å². The molecule has 6 heteroatoms. The molecule has 5 rings (SSSR count). The summed E-state index contributed by atoms with van der Waals surface area (Å²) in [5.74, 6) is 4.30. The van der Waals surface area contributed by atoms with Gasteiger partial charge in [-0.3, -0.25) is 9.59 Å². The molecule has 0 saturated heterocycles. The lowest BCUT2D eigenvalue weighted by Crippen LogP contribution is -2.50. The van der Waals surface area contributed by atoms with E-state index in [9.17, 15) is 22.8 Å². The number of carbonyl (C=O) groups is 2. The Hall–Kier alpha value is -2.81. The summed E-state index contributed by atoms with van der Waals surface area (Å²) in [6.45, 7) is 5.59. The third-order valence-electron chi connectivity index (χ3n) is 9.91. The SMILES string of the molecule is CNc1ccc([C@H]2C[C@@]3(C)[C@@H](CC[C@@]3(C#CC(F)(F)F)C(C)=O)[C@@H]3CC(C)C4=CC(=O)CCC4=C32)cc1. The van der Waals surface area contributed by atoms with Crippen molar-refractivity contribution in [3.8, 4) is 11.8 Å². The molecule has 1 N–H and O–H groups in total. The molecule has 1 unspecified atom stereocenters. The Labute approximate surface area is 217 Å². The van der Waals surface area contributed by atoms with Crippen LogP contribution in [0.15, 0.2) is 47.1 Å². The van der Waals surface area contributed by atoms with Gasteiger partial charge >= 0.3 is 6.18 Å². The number of allylic oxidation sites excluding steroid dienone is 4. The molecule has 0 spiro atoms. The zero-order valence-electron chi connectivity index (χ0n) is 21.9. The van der Waals surface area contributed by atoms with Crippen LogP contribution in [0.5, 0.6) is 0 Å². The number of carbonyl (C=O) groups excluding carboxylic acids is 2. The van der Waals surface area contributed by atoms with Crippen molar-refractivity contribution in [2.75, 3.05) is 12.4 Å². The van der Waals surface area contributed by atoms with Gasteiger partial charge in [0.05, 0.1) is 5.41 Å². The molecule has 0 amide bonds. The first-order valence-corrected chi connectivity index (χ1v) is 13.3. The van der Waals surface area contributed by atoms with Gasteiger partial charge in [0.25, 0.3) is 0 Å². The smallest absolute Gasteiger partial charge is 0.388 e. The third kappa shape index (κ3) is 4.06. The maximum atomic E-state index is 13.3. The van der Waals surface area contributed by atoms with Crippen molar-refractivity contribution in [1.82, 2.24) is 0 Å². The summed E-state index contributed by atoms with van der Waals surface area (Å²) >= 11 is 0. The first kappa shape index (κ1) is 25.8. The molecule has 4 aliphatic rings. The maximum absolute atomic E-state index is 13.3. The number of alkyl halides is 3. The molecule has 1 aromatic rings. The van der Waals surface area contributed by atoms with Crippen molar-refractivity contribution < 1.29 is 22.8 Å². The highest BCUT2D eigenvalue weighted by molar-refractivity contribution is 5.93. The number of Topliss-reactive ketones (excluding diaryl/α,β-unsaturated/α-hetero) is 1. The molecule has 0 aromatic heterocycles. The monoisotopic (exact) mass is 509 g/mol. The Morgan fingerprint density at radius 1 is 1.16 bits per heavy atom. The predicted molar refractivity (Wildman–Crippen MR) is 138 cm³/mol. The number of nitrogens with one attached hydrogen (secondary N) is 1. The standard InChI is InChI=1S/C31H34F3NO2/c1-18-15-25-27-11-12-30(19(2)36,13-14-31(32,33)34)29(27,3)17-26(20-5-7-21(35-4)8-6-20)28(25)23-10-9-22(37)16-24(18)23/h5-8,16,18,25-27,35H,9-12,15,17H2,1-4H3/t18?,25-,26+,27-,29-,30+/m0/s1. The van der Waals surface area contributed by atoms with Crippen molar-refractivity contribution >= 4 is 17.3 Å². The lowest BCUT2D eigenvalue weighted by atomic mass is 9.47. The number of ketones is 2. The van der Waals surface area contributed by atoms with Gasteiger partial charge in [-0.15, -0.1) is 0 Å². The fraction of sp³-hybridized carbons (Fsp3) is 0.548. The quantitative estimate of drug-likeness (QED) is 0.446. The average molecular weight is 510 g/mol. The number of anilines is 1. The van der Waals surface area contributed by atoms with Crippen molar-refractivity contribution in [3.63, 3.8) is 0 Å². The van der Waals surface area contributed by atoms with Gasteiger partial charge in [-0.25, -0.2) is 0 Å². The van der Waals surface area contributed by atoms with Gasteiger partial charge in [-0.05, 0) is 97.1 Å². The average Bonchev–Trinajstić information content (AvgIpc) is 3.15. The number of halogens is 3. The highest BCUT2D eigenvalue weighted by atomic mass is 19.4. The first-order valence-electron chi connectivity index (χ1n) is 13.3. The third-order valence-corrected chi connectivity index (χ3v) is 9.91. The minimum Gasteiger partial charge on any atom is -0.388 e. The van der Waals surface area contributed by atoms with E-state index in [2.05, 4.69) is 30.3 Å². The van der Waals surface area contributed by atoms with E-state index in [1.807, 2.05) is 32.2 Å². The van der Waals surface area contributed by atoms with E-state index in [1.54, 1.807) is 0 Å². The number of fused-ring (bicyclic) bond motifs is 4. The largest absolute Gasteiger partial charge is 0.457 e. The number of hydrogen-bond acceptors (Lipinski definition) is 3. The molecule has 0 bridgehead atoms. The minimum atomic E-state index is -4.64. The molecule has 196 valence electrons. The van der Waals surface area contributed by atoms with E-state index >= 15 is 0 Å². The molecular formula is C31H34F3NO2. The van der Waals surface area contributed by atoms with Crippen molar-refractivity contribution in [2.45, 2.75) is 71.4 Å². The van der Waals surface area contributed by atoms with E-state index in [0.29, 0.717) is 32.1 Å². The topological polar surface area (TPSA) is 46.2 Å². The van der Waals surface area contributed by atoms with E-state index in [4.69, 9.17) is 0 Å². The Balaban J connectivity index is 1.72. The lowest BCUT2D eigenvalue weighted by Gasteiger charge is -2.55. The minimum absolute atomic E-state index is 0.0410. The van der Waals surface area contributed by atoms with Crippen LogP contribution in [-0.2, 0) is 9.59 Å². The van der Waals surface area contributed by atoms with Crippen LogP contribution in [0.25, 0.3) is 0 Å². The van der Waals surface area contributed by atoms with Crippen LogP contribution in [0.3, 0.4) is 0 Å². The molecule has 6 atom stereocenters. The second-order valence-corrected chi connectivity index (χ2v) is 11.6. The van der Waals surface area contributed by atoms with Crippen LogP contribution < -0.4 is 5.32 Å². The second-order valence-electron chi connectivity index (χ2n) is 11.6. The number of benzene rings is 1. The molecule has 4 aliphatic carbocycles. The maximum Gasteiger partial charge on any atom is 0.457 e. The molecule has 2 saturated carbocycles. The van der Waals surface area contributed by atoms with Crippen LogP contribution in [0.1, 0.15) is 70.8 Å². The molecule has 37 heavy (non-hydrogen) atoms. The van der Waals surface area contributed by atoms with Crippen LogP contribution in [0, 0.1) is 40.4 Å². The van der Waals surface area contributed by atoms with E-state index in [0.717, 1.165) is 23.2 Å². The molecular weight excluding hydrogens is 475 g/mol. The van der Waals surface area contributed by atoms with Gasteiger partial charge in [0.15, 0.2) is 5.78 Å². The number of rotatable bonds is 3. The zero-order chi connectivity index (χ0) is 26.8. The predicted octanol–water partition coefficient (Wildman–Crippen LogP) is 7.01. The first-order chi connectivity index (χ1) is 17.4. The summed E-state index contributed by atoms with van der Waals surface area (Å²) in [6, 6.07) is 8.22. The van der Waals surface area contributed by atoms with Crippen molar-refractivity contribution in [2.24, 2.45) is 28.6 Å². The molecule has 0 radical (unpaired) electrons. The van der Waals surface area contributed by atoms with Gasteiger partial charge in [0.1, 0.15) is 5.78 Å². The second kappa shape index (κ2) is 8.89. The van der Waals surface area contributed by atoms with Crippen LogP contribution in [0.2, 0.25) is 0 Å². The molecule has 0 aliphatic heterocycles. The fourth-order valence-electron chi connectivity index (χ4n) is 8.21. The molecule has 0 heterocycles.